The van der Waals surface area contributed by atoms with Crippen molar-refractivity contribution in [2.24, 2.45) is 12.8 Å². The van der Waals surface area contributed by atoms with Gasteiger partial charge in [0.2, 0.25) is 10.0 Å². The van der Waals surface area contributed by atoms with Crippen LogP contribution in [-0.4, -0.2) is 71.6 Å². The molecule has 0 saturated carbocycles. The fourth-order valence-electron chi connectivity index (χ4n) is 3.74. The van der Waals surface area contributed by atoms with Crippen LogP contribution in [-0.2, 0) is 27.3 Å². The summed E-state index contributed by atoms with van der Waals surface area (Å²) in [6.45, 7) is 6.34. The number of sulfonamides is 1. The second kappa shape index (κ2) is 9.80. The number of hydrogen-bond donors (Lipinski definition) is 2. The van der Waals surface area contributed by atoms with Crippen LogP contribution in [0.1, 0.15) is 43.4 Å². The van der Waals surface area contributed by atoms with Crippen LogP contribution >= 0.6 is 0 Å². The van der Waals surface area contributed by atoms with Gasteiger partial charge in [0.15, 0.2) is 6.17 Å². The van der Waals surface area contributed by atoms with Crippen LogP contribution in [0.25, 0.3) is 0 Å². The van der Waals surface area contributed by atoms with Crippen LogP contribution in [0.15, 0.2) is 35.2 Å². The first-order valence-electron chi connectivity index (χ1n) is 11.0. The van der Waals surface area contributed by atoms with E-state index in [4.69, 9.17) is 5.73 Å². The van der Waals surface area contributed by atoms with Crippen LogP contribution in [0, 0.1) is 5.82 Å². The van der Waals surface area contributed by atoms with Gasteiger partial charge in [0.25, 0.3) is 11.8 Å². The van der Waals surface area contributed by atoms with Gasteiger partial charge in [0.1, 0.15) is 11.5 Å². The number of benzene rings is 1. The maximum Gasteiger partial charge on any atom is 0.273 e. The zero-order valence-corrected chi connectivity index (χ0v) is 20.6. The lowest BCUT2D eigenvalue weighted by atomic mass is 9.92. The van der Waals surface area contributed by atoms with E-state index < -0.39 is 33.8 Å². The first kappa shape index (κ1) is 25.8. The van der Waals surface area contributed by atoms with Crippen LogP contribution in [0.3, 0.4) is 0 Å². The molecule has 1 atom stereocenters. The Kier molecular flexibility index (Phi) is 7.44. The smallest absolute Gasteiger partial charge is 0.273 e. The number of aromatic nitrogens is 2. The summed E-state index contributed by atoms with van der Waals surface area (Å²) in [6.07, 6.45) is -1.12. The van der Waals surface area contributed by atoms with Gasteiger partial charge in [-0.25, -0.2) is 12.8 Å². The molecule has 1 aliphatic heterocycles. The topological polar surface area (TPSA) is 131 Å². The number of rotatable bonds is 6. The molecule has 0 radical (unpaired) electrons. The van der Waals surface area contributed by atoms with E-state index in [9.17, 15) is 22.4 Å². The van der Waals surface area contributed by atoms with E-state index in [0.717, 1.165) is 28.6 Å². The van der Waals surface area contributed by atoms with Crippen LogP contribution in [0.2, 0.25) is 0 Å². The molecule has 0 spiro atoms. The molecule has 2 amide bonds. The monoisotopic (exact) mass is 494 g/mol. The Morgan fingerprint density at radius 3 is 2.41 bits per heavy atom. The minimum absolute atomic E-state index is 0.0167. The zero-order valence-electron chi connectivity index (χ0n) is 19.8. The van der Waals surface area contributed by atoms with E-state index in [1.54, 1.807) is 13.1 Å². The lowest BCUT2D eigenvalue weighted by Gasteiger charge is -2.41. The van der Waals surface area contributed by atoms with Crippen LogP contribution < -0.4 is 11.1 Å². The molecule has 12 heteroatoms. The molecule has 1 saturated heterocycles. The van der Waals surface area contributed by atoms with Crippen molar-refractivity contribution in [2.75, 3.05) is 26.2 Å². The van der Waals surface area contributed by atoms with Crippen molar-refractivity contribution in [1.82, 2.24) is 24.3 Å². The molecular formula is C22H31FN6O4S. The average molecular weight is 495 g/mol. The number of nitrogens with two attached hydrogens (primary N) is 1. The number of aryl methyl sites for hydroxylation is 1. The number of carbonyl (C=O) groups is 2. The Hall–Kier alpha value is -2.83. The molecule has 1 aliphatic rings. The van der Waals surface area contributed by atoms with Crippen LogP contribution in [0.5, 0.6) is 0 Å². The Labute approximate surface area is 198 Å². The van der Waals surface area contributed by atoms with E-state index in [-0.39, 0.29) is 42.2 Å². The Morgan fingerprint density at radius 1 is 1.21 bits per heavy atom. The molecule has 0 bridgehead atoms. The third-order valence-electron chi connectivity index (χ3n) is 5.57. The highest BCUT2D eigenvalue weighted by Gasteiger charge is 2.44. The summed E-state index contributed by atoms with van der Waals surface area (Å²) < 4.78 is 42.7. The molecule has 1 fully saturated rings. The Balaban J connectivity index is 2.04. The SMILES string of the molecule is Cn1nc(C(C)(C)C)cc1C(=O)N1CCCN(S(=O)(=O)c2ccc(F)cc2)C1C(=O)NCCN. The molecule has 2 aromatic rings. The summed E-state index contributed by atoms with van der Waals surface area (Å²) in [7, 11) is -2.59. The van der Waals surface area contributed by atoms with Crippen molar-refractivity contribution in [3.63, 3.8) is 0 Å². The van der Waals surface area contributed by atoms with E-state index >= 15 is 0 Å². The highest BCUT2D eigenvalue weighted by atomic mass is 32.2. The quantitative estimate of drug-likeness (QED) is 0.611. The summed E-state index contributed by atoms with van der Waals surface area (Å²) in [5.74, 6) is -1.77. The molecular weight excluding hydrogens is 463 g/mol. The molecule has 34 heavy (non-hydrogen) atoms. The minimum Gasteiger partial charge on any atom is -0.352 e. The molecule has 2 heterocycles. The third-order valence-corrected chi connectivity index (χ3v) is 7.44. The van der Waals surface area contributed by atoms with E-state index in [0.29, 0.717) is 12.1 Å². The standard InChI is InChI=1S/C22H31FN6O4S/c1-22(2,3)18-14-17(27(4)26-18)21(31)28-12-5-13-29(20(28)19(30)25-11-10-24)34(32,33)16-8-6-15(23)7-9-16/h6-9,14,20H,5,10-13,24H2,1-4H3,(H,25,30). The molecule has 3 N–H and O–H groups in total. The van der Waals surface area contributed by atoms with Gasteiger partial charge >= 0.3 is 0 Å². The van der Waals surface area contributed by atoms with Gasteiger partial charge in [-0.1, -0.05) is 20.8 Å². The fraction of sp³-hybridized carbons (Fsp3) is 0.500. The second-order valence-corrected chi connectivity index (χ2v) is 11.1. The lowest BCUT2D eigenvalue weighted by molar-refractivity contribution is -0.130. The largest absolute Gasteiger partial charge is 0.352 e. The minimum atomic E-state index is -4.22. The number of hydrogen-bond acceptors (Lipinski definition) is 6. The number of nitrogens with one attached hydrogen (secondary N) is 1. The molecule has 3 rings (SSSR count). The molecule has 10 nitrogen and oxygen atoms in total. The van der Waals surface area contributed by atoms with Gasteiger partial charge < -0.3 is 16.0 Å². The van der Waals surface area contributed by atoms with Crippen molar-refractivity contribution in [3.05, 3.63) is 47.5 Å². The van der Waals surface area contributed by atoms with Gasteiger partial charge in [0.05, 0.1) is 10.6 Å². The van der Waals surface area contributed by atoms with Gasteiger partial charge in [0, 0.05) is 38.6 Å². The summed E-state index contributed by atoms with van der Waals surface area (Å²) in [4.78, 5) is 27.8. The Morgan fingerprint density at radius 2 is 1.85 bits per heavy atom. The zero-order chi connectivity index (χ0) is 25.3. The van der Waals surface area contributed by atoms with Crippen LogP contribution in [0.4, 0.5) is 4.39 Å². The Bertz CT molecular complexity index is 1160. The van der Waals surface area contributed by atoms with Crippen molar-refractivity contribution in [3.8, 4) is 0 Å². The maximum absolute atomic E-state index is 13.6. The number of carbonyl (C=O) groups excluding carboxylic acids is 2. The van der Waals surface area contributed by atoms with E-state index in [2.05, 4.69) is 10.4 Å². The predicted molar refractivity (Wildman–Crippen MR) is 124 cm³/mol. The maximum atomic E-state index is 13.6. The second-order valence-electron chi connectivity index (χ2n) is 9.16. The normalized spacial score (nSPS) is 17.6. The predicted octanol–water partition coefficient (Wildman–Crippen LogP) is 0.795. The van der Waals surface area contributed by atoms with Crippen molar-refractivity contribution in [2.45, 2.75) is 43.7 Å². The number of nitrogens with zero attached hydrogens (tertiary/aromatic N) is 4. The highest BCUT2D eigenvalue weighted by Crippen LogP contribution is 2.27. The van der Waals surface area contributed by atoms with Gasteiger partial charge in [-0.05, 0) is 36.8 Å². The van der Waals surface area contributed by atoms with Gasteiger partial charge in [-0.2, -0.15) is 9.40 Å². The summed E-state index contributed by atoms with van der Waals surface area (Å²) >= 11 is 0. The molecule has 186 valence electrons. The van der Waals surface area contributed by atoms with Gasteiger partial charge in [-0.15, -0.1) is 0 Å². The lowest BCUT2D eigenvalue weighted by Crippen LogP contribution is -2.63. The molecule has 1 unspecified atom stereocenters. The fourth-order valence-corrected chi connectivity index (χ4v) is 5.34. The van der Waals surface area contributed by atoms with E-state index in [1.807, 2.05) is 20.8 Å². The van der Waals surface area contributed by atoms with Crippen molar-refractivity contribution >= 4 is 21.8 Å². The summed E-state index contributed by atoms with van der Waals surface area (Å²) in [5, 5.41) is 7.02. The van der Waals surface area contributed by atoms with Crippen molar-refractivity contribution < 1.29 is 22.4 Å². The molecule has 0 aliphatic carbocycles. The first-order valence-corrected chi connectivity index (χ1v) is 12.4. The molecule has 1 aromatic carbocycles. The number of halogens is 1. The summed E-state index contributed by atoms with van der Waals surface area (Å²) in [5.41, 5.74) is 6.12. The highest BCUT2D eigenvalue weighted by molar-refractivity contribution is 7.89. The van der Waals surface area contributed by atoms with Gasteiger partial charge in [-0.3, -0.25) is 14.3 Å². The van der Waals surface area contributed by atoms with E-state index in [1.165, 1.54) is 9.58 Å². The summed E-state index contributed by atoms with van der Waals surface area (Å²) in [6, 6.07) is 6.00. The number of amides is 2. The first-order chi connectivity index (χ1) is 15.9. The molecule has 1 aromatic heterocycles. The van der Waals surface area contributed by atoms with Crippen molar-refractivity contribution in [1.29, 1.82) is 0 Å². The third kappa shape index (κ3) is 5.13. The average Bonchev–Trinajstić information content (AvgIpc) is 3.19.